The zero-order chi connectivity index (χ0) is 18.1. The van der Waals surface area contributed by atoms with E-state index in [9.17, 15) is 13.2 Å². The number of nitrogens with zero attached hydrogens (tertiary/aromatic N) is 5. The van der Waals surface area contributed by atoms with Crippen molar-refractivity contribution in [2.24, 2.45) is 0 Å². The summed E-state index contributed by atoms with van der Waals surface area (Å²) in [4.78, 5) is 16.8. The lowest BCUT2D eigenvalue weighted by molar-refractivity contribution is -0.141. The van der Waals surface area contributed by atoms with Gasteiger partial charge in [0.1, 0.15) is 17.3 Å². The van der Waals surface area contributed by atoms with Gasteiger partial charge in [0.05, 0.1) is 0 Å². The smallest absolute Gasteiger partial charge is 0.354 e. The maximum atomic E-state index is 12.8. The van der Waals surface area contributed by atoms with Crippen LogP contribution in [0.15, 0.2) is 30.6 Å². The Morgan fingerprint density at radius 3 is 2.42 bits per heavy atom. The summed E-state index contributed by atoms with van der Waals surface area (Å²) in [6.45, 7) is 3.67. The van der Waals surface area contributed by atoms with Gasteiger partial charge in [0.25, 0.3) is 0 Å². The summed E-state index contributed by atoms with van der Waals surface area (Å²) in [5.41, 5.74) is -0.193. The molecule has 2 aliphatic rings. The average molecular weight is 363 g/mol. The van der Waals surface area contributed by atoms with Crippen LogP contribution in [0.3, 0.4) is 0 Å². The number of piperazine rings is 1. The summed E-state index contributed by atoms with van der Waals surface area (Å²) >= 11 is 0. The van der Waals surface area contributed by atoms with Gasteiger partial charge in [0, 0.05) is 51.0 Å². The second-order valence-electron chi connectivity index (χ2n) is 6.86. The van der Waals surface area contributed by atoms with Crippen molar-refractivity contribution in [1.82, 2.24) is 19.9 Å². The van der Waals surface area contributed by atoms with Gasteiger partial charge in [0.2, 0.25) is 0 Å². The van der Waals surface area contributed by atoms with Crippen LogP contribution in [0.2, 0.25) is 0 Å². The molecule has 1 saturated heterocycles. The Labute approximate surface area is 149 Å². The van der Waals surface area contributed by atoms with E-state index in [-0.39, 0.29) is 0 Å². The Kier molecular flexibility index (Phi) is 4.52. The standard InChI is InChI=1S/C18H20F3N5/c19-18(20,21)15-11-13(3-5-22-15)12-25-7-9-26(10-8-25)16-4-6-23-17(24-16)14-1-2-14/h3-6,11,14H,1-2,7-10,12H2. The lowest BCUT2D eigenvalue weighted by Gasteiger charge is -2.35. The molecule has 0 spiro atoms. The van der Waals surface area contributed by atoms with Crippen LogP contribution in [0.25, 0.3) is 0 Å². The molecule has 2 aromatic rings. The predicted octanol–water partition coefficient (Wildman–Crippen LogP) is 3.09. The number of anilines is 1. The third kappa shape index (κ3) is 3.95. The highest BCUT2D eigenvalue weighted by atomic mass is 19.4. The second-order valence-corrected chi connectivity index (χ2v) is 6.86. The van der Waals surface area contributed by atoms with Crippen LogP contribution in [-0.4, -0.2) is 46.0 Å². The molecule has 0 bridgehead atoms. The topological polar surface area (TPSA) is 45.2 Å². The average Bonchev–Trinajstić information content (AvgIpc) is 3.47. The van der Waals surface area contributed by atoms with Crippen molar-refractivity contribution >= 4 is 5.82 Å². The number of pyridine rings is 1. The van der Waals surface area contributed by atoms with E-state index in [2.05, 4.69) is 24.8 Å². The summed E-state index contributed by atoms with van der Waals surface area (Å²) in [7, 11) is 0. The fourth-order valence-electron chi connectivity index (χ4n) is 3.20. The molecular formula is C18H20F3N5. The van der Waals surface area contributed by atoms with Crippen molar-refractivity contribution in [1.29, 1.82) is 0 Å². The van der Waals surface area contributed by atoms with Crippen molar-refractivity contribution in [3.8, 4) is 0 Å². The van der Waals surface area contributed by atoms with Gasteiger partial charge in [-0.05, 0) is 36.6 Å². The molecule has 138 valence electrons. The van der Waals surface area contributed by atoms with Gasteiger partial charge < -0.3 is 4.90 Å². The van der Waals surface area contributed by atoms with Crippen LogP contribution in [0.5, 0.6) is 0 Å². The quantitative estimate of drug-likeness (QED) is 0.835. The Bertz CT molecular complexity index is 767. The second kappa shape index (κ2) is 6.83. The molecular weight excluding hydrogens is 343 g/mol. The molecule has 0 aromatic carbocycles. The zero-order valence-corrected chi connectivity index (χ0v) is 14.3. The van der Waals surface area contributed by atoms with Gasteiger partial charge in [-0.1, -0.05) is 0 Å². The molecule has 5 nitrogen and oxygen atoms in total. The van der Waals surface area contributed by atoms with Crippen molar-refractivity contribution in [3.63, 3.8) is 0 Å². The highest BCUT2D eigenvalue weighted by Gasteiger charge is 2.32. The first-order valence-electron chi connectivity index (χ1n) is 8.81. The van der Waals surface area contributed by atoms with Gasteiger partial charge >= 0.3 is 6.18 Å². The Balaban J connectivity index is 1.36. The van der Waals surface area contributed by atoms with Gasteiger partial charge in [-0.25, -0.2) is 9.97 Å². The van der Waals surface area contributed by atoms with E-state index >= 15 is 0 Å². The zero-order valence-electron chi connectivity index (χ0n) is 14.3. The number of hydrogen-bond acceptors (Lipinski definition) is 5. The fourth-order valence-corrected chi connectivity index (χ4v) is 3.20. The van der Waals surface area contributed by atoms with Crippen molar-refractivity contribution in [3.05, 3.63) is 47.7 Å². The first-order valence-corrected chi connectivity index (χ1v) is 8.81. The monoisotopic (exact) mass is 363 g/mol. The third-order valence-electron chi connectivity index (χ3n) is 4.82. The number of aromatic nitrogens is 3. The summed E-state index contributed by atoms with van der Waals surface area (Å²) in [5.74, 6) is 2.40. The molecule has 8 heteroatoms. The molecule has 0 radical (unpaired) electrons. The highest BCUT2D eigenvalue weighted by molar-refractivity contribution is 5.38. The minimum absolute atomic E-state index is 0.497. The van der Waals surface area contributed by atoms with Crippen LogP contribution < -0.4 is 4.90 Å². The third-order valence-corrected chi connectivity index (χ3v) is 4.82. The predicted molar refractivity (Wildman–Crippen MR) is 90.7 cm³/mol. The molecule has 2 fully saturated rings. The molecule has 0 atom stereocenters. The summed E-state index contributed by atoms with van der Waals surface area (Å²) < 4.78 is 38.4. The lowest BCUT2D eigenvalue weighted by Crippen LogP contribution is -2.46. The van der Waals surface area contributed by atoms with Crippen molar-refractivity contribution in [2.75, 3.05) is 31.1 Å². The molecule has 0 N–H and O–H groups in total. The summed E-state index contributed by atoms with van der Waals surface area (Å²) in [6.07, 6.45) is 0.986. The highest BCUT2D eigenvalue weighted by Crippen LogP contribution is 2.38. The van der Waals surface area contributed by atoms with Crippen LogP contribution in [-0.2, 0) is 12.7 Å². The first kappa shape index (κ1) is 17.2. The van der Waals surface area contributed by atoms with Crippen LogP contribution in [0.1, 0.15) is 35.8 Å². The molecule has 1 aliphatic heterocycles. The summed E-state index contributed by atoms with van der Waals surface area (Å²) in [5, 5.41) is 0. The molecule has 26 heavy (non-hydrogen) atoms. The van der Waals surface area contributed by atoms with Crippen LogP contribution in [0, 0.1) is 0 Å². The molecule has 1 saturated carbocycles. The molecule has 4 rings (SSSR count). The van der Waals surface area contributed by atoms with E-state index in [0.717, 1.165) is 43.9 Å². The number of hydrogen-bond donors (Lipinski definition) is 0. The maximum Gasteiger partial charge on any atom is 0.433 e. The number of rotatable bonds is 4. The Morgan fingerprint density at radius 2 is 1.73 bits per heavy atom. The van der Waals surface area contributed by atoms with Crippen LogP contribution in [0.4, 0.5) is 19.0 Å². The Morgan fingerprint density at radius 1 is 1.00 bits per heavy atom. The maximum absolute atomic E-state index is 12.8. The van der Waals surface area contributed by atoms with Gasteiger partial charge in [0.15, 0.2) is 0 Å². The van der Waals surface area contributed by atoms with Crippen molar-refractivity contribution in [2.45, 2.75) is 31.5 Å². The largest absolute Gasteiger partial charge is 0.433 e. The van der Waals surface area contributed by atoms with E-state index in [0.29, 0.717) is 18.0 Å². The minimum Gasteiger partial charge on any atom is -0.354 e. The van der Waals surface area contributed by atoms with E-state index in [1.807, 2.05) is 12.3 Å². The van der Waals surface area contributed by atoms with Gasteiger partial charge in [-0.15, -0.1) is 0 Å². The molecule has 0 amide bonds. The van der Waals surface area contributed by atoms with Gasteiger partial charge in [-0.2, -0.15) is 13.2 Å². The van der Waals surface area contributed by atoms with E-state index < -0.39 is 11.9 Å². The van der Waals surface area contributed by atoms with Crippen LogP contribution >= 0.6 is 0 Å². The molecule has 3 heterocycles. The number of alkyl halides is 3. The normalized spacial score (nSPS) is 19.0. The Hall–Kier alpha value is -2.22. The molecule has 2 aromatic heterocycles. The lowest BCUT2D eigenvalue weighted by atomic mass is 10.2. The fraction of sp³-hybridized carbons (Fsp3) is 0.500. The van der Waals surface area contributed by atoms with Gasteiger partial charge in [-0.3, -0.25) is 9.88 Å². The minimum atomic E-state index is -4.40. The summed E-state index contributed by atoms with van der Waals surface area (Å²) in [6, 6.07) is 4.71. The van der Waals surface area contributed by atoms with E-state index in [1.165, 1.54) is 19.0 Å². The molecule has 1 aliphatic carbocycles. The molecule has 0 unspecified atom stereocenters. The SMILES string of the molecule is FC(F)(F)c1cc(CN2CCN(c3ccnc(C4CC4)n3)CC2)ccn1. The number of halogens is 3. The van der Waals surface area contributed by atoms with Crippen molar-refractivity contribution < 1.29 is 13.2 Å². The first-order chi connectivity index (χ1) is 12.5. The van der Waals surface area contributed by atoms with E-state index in [1.54, 1.807) is 6.07 Å². The van der Waals surface area contributed by atoms with E-state index in [4.69, 9.17) is 0 Å².